The van der Waals surface area contributed by atoms with Crippen LogP contribution in [0.15, 0.2) is 33.7 Å². The number of nitrogens with zero attached hydrogens (tertiary/aromatic N) is 3. The first-order valence-corrected chi connectivity index (χ1v) is 9.98. The van der Waals surface area contributed by atoms with Gasteiger partial charge < -0.3 is 14.0 Å². The Morgan fingerprint density at radius 2 is 2.04 bits per heavy atom. The van der Waals surface area contributed by atoms with Gasteiger partial charge >= 0.3 is 0 Å². The van der Waals surface area contributed by atoms with Crippen molar-refractivity contribution in [2.75, 3.05) is 20.8 Å². The van der Waals surface area contributed by atoms with Crippen LogP contribution in [-0.2, 0) is 21.4 Å². The van der Waals surface area contributed by atoms with Crippen molar-refractivity contribution in [2.24, 2.45) is 0 Å². The molecule has 0 bridgehead atoms. The molecule has 0 spiro atoms. The summed E-state index contributed by atoms with van der Waals surface area (Å²) in [5.41, 5.74) is 0. The largest absolute Gasteiger partial charge is 0.495 e. The third-order valence-electron chi connectivity index (χ3n) is 4.41. The molecule has 26 heavy (non-hydrogen) atoms. The number of rotatable bonds is 6. The predicted octanol–water partition coefficient (Wildman–Crippen LogP) is 2.53. The molecule has 142 valence electrons. The minimum Gasteiger partial charge on any atom is -0.495 e. The van der Waals surface area contributed by atoms with E-state index in [0.29, 0.717) is 30.4 Å². The second kappa shape index (κ2) is 8.15. The van der Waals surface area contributed by atoms with Crippen LogP contribution in [0.5, 0.6) is 5.75 Å². The van der Waals surface area contributed by atoms with E-state index in [4.69, 9.17) is 14.0 Å². The summed E-state index contributed by atoms with van der Waals surface area (Å²) in [6.45, 7) is 0.595. The summed E-state index contributed by atoms with van der Waals surface area (Å²) >= 11 is 0. The minimum atomic E-state index is -3.77. The Balaban J connectivity index is 2.00. The molecule has 2 aromatic rings. The van der Waals surface area contributed by atoms with Crippen LogP contribution in [-0.4, -0.2) is 43.6 Å². The van der Waals surface area contributed by atoms with E-state index in [2.05, 4.69) is 10.1 Å². The van der Waals surface area contributed by atoms with Crippen LogP contribution in [0.1, 0.15) is 43.4 Å². The predicted molar refractivity (Wildman–Crippen MR) is 93.1 cm³/mol. The SMILES string of the molecule is COCc1nc(C2CCCCCN2S(=O)(=O)c2ccccc2OC)no1. The van der Waals surface area contributed by atoms with Crippen LogP contribution in [0.4, 0.5) is 0 Å². The number of hydrogen-bond acceptors (Lipinski definition) is 7. The van der Waals surface area contributed by atoms with Crippen LogP contribution in [0, 0.1) is 0 Å². The number of para-hydroxylation sites is 1. The summed E-state index contributed by atoms with van der Waals surface area (Å²) in [5, 5.41) is 4.00. The summed E-state index contributed by atoms with van der Waals surface area (Å²) in [4.78, 5) is 4.47. The van der Waals surface area contributed by atoms with Crippen LogP contribution in [0.2, 0.25) is 0 Å². The van der Waals surface area contributed by atoms with Crippen LogP contribution >= 0.6 is 0 Å². The fraction of sp³-hybridized carbons (Fsp3) is 0.529. The maximum Gasteiger partial charge on any atom is 0.252 e. The fourth-order valence-corrected chi connectivity index (χ4v) is 4.98. The van der Waals surface area contributed by atoms with Crippen molar-refractivity contribution in [2.45, 2.75) is 43.2 Å². The van der Waals surface area contributed by atoms with Crippen molar-refractivity contribution < 1.29 is 22.4 Å². The van der Waals surface area contributed by atoms with Gasteiger partial charge in [-0.2, -0.15) is 9.29 Å². The zero-order valence-electron chi connectivity index (χ0n) is 14.9. The maximum absolute atomic E-state index is 13.4. The van der Waals surface area contributed by atoms with E-state index in [1.165, 1.54) is 18.5 Å². The van der Waals surface area contributed by atoms with E-state index in [9.17, 15) is 8.42 Å². The monoisotopic (exact) mass is 381 g/mol. The average Bonchev–Trinajstić information content (AvgIpc) is 2.96. The van der Waals surface area contributed by atoms with E-state index >= 15 is 0 Å². The van der Waals surface area contributed by atoms with E-state index in [0.717, 1.165) is 19.3 Å². The Kier molecular flexibility index (Phi) is 5.90. The van der Waals surface area contributed by atoms with Gasteiger partial charge in [-0.1, -0.05) is 30.1 Å². The Morgan fingerprint density at radius 3 is 2.81 bits per heavy atom. The summed E-state index contributed by atoms with van der Waals surface area (Å²) in [6, 6.07) is 6.16. The summed E-state index contributed by atoms with van der Waals surface area (Å²) in [5.74, 6) is 1.03. The second-order valence-electron chi connectivity index (χ2n) is 6.11. The molecule has 1 unspecified atom stereocenters. The van der Waals surface area contributed by atoms with Gasteiger partial charge in [-0.05, 0) is 25.0 Å². The first-order chi connectivity index (χ1) is 12.6. The summed E-state index contributed by atoms with van der Waals surface area (Å²) < 4.78 is 43.7. The van der Waals surface area contributed by atoms with Gasteiger partial charge in [0.05, 0.1) is 13.2 Å². The molecule has 1 aliphatic heterocycles. The van der Waals surface area contributed by atoms with Gasteiger partial charge in [0.25, 0.3) is 5.89 Å². The lowest BCUT2D eigenvalue weighted by Gasteiger charge is -2.27. The molecule has 1 aromatic heterocycles. The van der Waals surface area contributed by atoms with E-state index < -0.39 is 16.1 Å². The van der Waals surface area contributed by atoms with Gasteiger partial charge in [0.2, 0.25) is 10.0 Å². The smallest absolute Gasteiger partial charge is 0.252 e. The topological polar surface area (TPSA) is 94.8 Å². The highest BCUT2D eigenvalue weighted by molar-refractivity contribution is 7.89. The lowest BCUT2D eigenvalue weighted by molar-refractivity contribution is 0.151. The molecule has 1 aromatic carbocycles. The molecule has 3 rings (SSSR count). The van der Waals surface area contributed by atoms with E-state index in [-0.39, 0.29) is 11.5 Å². The quantitative estimate of drug-likeness (QED) is 0.759. The Bertz CT molecular complexity index is 836. The van der Waals surface area contributed by atoms with Gasteiger partial charge in [0, 0.05) is 13.7 Å². The second-order valence-corrected chi connectivity index (χ2v) is 7.97. The maximum atomic E-state index is 13.4. The highest BCUT2D eigenvalue weighted by Crippen LogP contribution is 2.36. The normalized spacial score (nSPS) is 19.2. The van der Waals surface area contributed by atoms with Crippen molar-refractivity contribution in [3.63, 3.8) is 0 Å². The minimum absolute atomic E-state index is 0.148. The number of hydrogen-bond donors (Lipinski definition) is 0. The lowest BCUT2D eigenvalue weighted by Crippen LogP contribution is -2.35. The van der Waals surface area contributed by atoms with Crippen molar-refractivity contribution >= 4 is 10.0 Å². The first kappa shape index (κ1) is 18.8. The number of sulfonamides is 1. The van der Waals surface area contributed by atoms with Crippen LogP contribution in [0.3, 0.4) is 0 Å². The number of ether oxygens (including phenoxy) is 2. The Hall–Kier alpha value is -1.97. The van der Waals surface area contributed by atoms with Gasteiger partial charge in [-0.3, -0.25) is 0 Å². The molecule has 0 radical (unpaired) electrons. The lowest BCUT2D eigenvalue weighted by atomic mass is 10.1. The Morgan fingerprint density at radius 1 is 1.23 bits per heavy atom. The Labute approximate surface area is 153 Å². The van der Waals surface area contributed by atoms with Crippen molar-refractivity contribution in [1.29, 1.82) is 0 Å². The van der Waals surface area contributed by atoms with Gasteiger partial charge in [-0.15, -0.1) is 0 Å². The number of aromatic nitrogens is 2. The number of benzene rings is 1. The zero-order valence-corrected chi connectivity index (χ0v) is 15.7. The zero-order chi connectivity index (χ0) is 18.6. The van der Waals surface area contributed by atoms with Gasteiger partial charge in [0.1, 0.15) is 17.3 Å². The molecule has 9 heteroatoms. The molecule has 1 atom stereocenters. The van der Waals surface area contributed by atoms with Crippen LogP contribution < -0.4 is 4.74 Å². The molecule has 0 aliphatic carbocycles. The average molecular weight is 381 g/mol. The highest BCUT2D eigenvalue weighted by atomic mass is 32.2. The third kappa shape index (κ3) is 3.74. The molecule has 2 heterocycles. The van der Waals surface area contributed by atoms with E-state index in [1.54, 1.807) is 24.3 Å². The molecule has 1 aliphatic rings. The third-order valence-corrected chi connectivity index (χ3v) is 6.36. The fourth-order valence-electron chi connectivity index (χ4n) is 3.17. The summed E-state index contributed by atoms with van der Waals surface area (Å²) in [7, 11) is -0.775. The highest BCUT2D eigenvalue weighted by Gasteiger charge is 2.37. The van der Waals surface area contributed by atoms with Crippen molar-refractivity contribution in [1.82, 2.24) is 14.4 Å². The number of methoxy groups -OCH3 is 2. The molecule has 0 N–H and O–H groups in total. The van der Waals surface area contributed by atoms with Crippen molar-refractivity contribution in [3.05, 3.63) is 36.0 Å². The van der Waals surface area contributed by atoms with Crippen LogP contribution in [0.25, 0.3) is 0 Å². The molecular weight excluding hydrogens is 358 g/mol. The molecule has 1 saturated heterocycles. The van der Waals surface area contributed by atoms with Crippen molar-refractivity contribution in [3.8, 4) is 5.75 Å². The molecular formula is C17H23N3O5S. The van der Waals surface area contributed by atoms with Gasteiger partial charge in [0.15, 0.2) is 5.82 Å². The molecule has 8 nitrogen and oxygen atoms in total. The first-order valence-electron chi connectivity index (χ1n) is 8.54. The van der Waals surface area contributed by atoms with Gasteiger partial charge in [-0.25, -0.2) is 8.42 Å². The molecule has 1 fully saturated rings. The molecule has 0 saturated carbocycles. The van der Waals surface area contributed by atoms with E-state index in [1.807, 2.05) is 0 Å². The summed E-state index contributed by atoms with van der Waals surface area (Å²) in [6.07, 6.45) is 3.28. The molecule has 0 amide bonds. The standard InChI is InChI=1S/C17H23N3O5S/c1-23-12-16-18-17(19-25-16)13-8-4-3-7-11-20(13)26(21,22)15-10-6-5-9-14(15)24-2/h5-6,9-10,13H,3-4,7-8,11-12H2,1-2H3.